The molecule has 1 aliphatic carbocycles. The molecule has 1 fully saturated rings. The van der Waals surface area contributed by atoms with E-state index in [4.69, 9.17) is 4.98 Å². The summed E-state index contributed by atoms with van der Waals surface area (Å²) in [5.41, 5.74) is 1.23. The fourth-order valence-electron chi connectivity index (χ4n) is 3.98. The average Bonchev–Trinajstić information content (AvgIpc) is 3.07. The van der Waals surface area contributed by atoms with Gasteiger partial charge in [0.1, 0.15) is 10.7 Å². The van der Waals surface area contributed by atoms with Gasteiger partial charge in [-0.3, -0.25) is 14.5 Å². The molecule has 3 heterocycles. The Bertz CT molecular complexity index is 980. The number of allylic oxidation sites excluding steroid dienone is 3. The summed E-state index contributed by atoms with van der Waals surface area (Å²) in [5, 5.41) is 0.812. The van der Waals surface area contributed by atoms with Crippen LogP contribution < -0.4 is 5.56 Å². The Morgan fingerprint density at radius 1 is 1.18 bits per heavy atom. The molecule has 1 amide bonds. The van der Waals surface area contributed by atoms with Crippen molar-refractivity contribution >= 4 is 27.5 Å². The lowest BCUT2D eigenvalue weighted by Crippen LogP contribution is -2.48. The van der Waals surface area contributed by atoms with Crippen LogP contribution >= 0.6 is 11.3 Å². The number of hydrogen-bond acceptors (Lipinski definition) is 5. The lowest BCUT2D eigenvalue weighted by atomic mass is 9.97. The first-order valence-electron chi connectivity index (χ1n) is 10.00. The summed E-state index contributed by atoms with van der Waals surface area (Å²) in [7, 11) is 0. The van der Waals surface area contributed by atoms with E-state index < -0.39 is 0 Å². The van der Waals surface area contributed by atoms with Crippen molar-refractivity contribution in [1.29, 1.82) is 0 Å². The Balaban J connectivity index is 1.42. The minimum absolute atomic E-state index is 0.00216. The highest BCUT2D eigenvalue weighted by molar-refractivity contribution is 7.18. The summed E-state index contributed by atoms with van der Waals surface area (Å²) in [6, 6.07) is 0. The summed E-state index contributed by atoms with van der Waals surface area (Å²) >= 11 is 1.69. The predicted molar refractivity (Wildman–Crippen MR) is 113 cm³/mol. The summed E-state index contributed by atoms with van der Waals surface area (Å²) in [6.07, 6.45) is 11.6. The summed E-state index contributed by atoms with van der Waals surface area (Å²) < 4.78 is 0. The van der Waals surface area contributed by atoms with Crippen LogP contribution in [0.2, 0.25) is 0 Å². The van der Waals surface area contributed by atoms with Crippen LogP contribution in [0.1, 0.15) is 36.0 Å². The van der Waals surface area contributed by atoms with Crippen LogP contribution in [-0.4, -0.2) is 51.9 Å². The Morgan fingerprint density at radius 2 is 1.96 bits per heavy atom. The van der Waals surface area contributed by atoms with E-state index in [-0.39, 0.29) is 11.5 Å². The first kappa shape index (κ1) is 19.1. The molecule has 6 nitrogen and oxygen atoms in total. The number of piperazine rings is 1. The fourth-order valence-corrected chi connectivity index (χ4v) is 5.26. The first-order valence-corrected chi connectivity index (χ1v) is 10.8. The number of aromatic amines is 1. The zero-order chi connectivity index (χ0) is 19.5. The topological polar surface area (TPSA) is 69.3 Å². The first-order chi connectivity index (χ1) is 13.7. The molecule has 0 bridgehead atoms. The highest BCUT2D eigenvalue weighted by Gasteiger charge is 2.22. The summed E-state index contributed by atoms with van der Waals surface area (Å²) in [4.78, 5) is 38.9. The molecule has 1 N–H and O–H groups in total. The van der Waals surface area contributed by atoms with Gasteiger partial charge in [-0.05, 0) is 38.2 Å². The largest absolute Gasteiger partial charge is 0.337 e. The molecule has 4 rings (SSSR count). The molecule has 2 aromatic heterocycles. The molecule has 2 aliphatic rings. The molecule has 1 aliphatic heterocycles. The zero-order valence-corrected chi connectivity index (χ0v) is 17.1. The van der Waals surface area contributed by atoms with E-state index >= 15 is 0 Å². The second-order valence-electron chi connectivity index (χ2n) is 7.39. The number of H-pyrrole nitrogens is 1. The maximum Gasteiger partial charge on any atom is 0.259 e. The highest BCUT2D eigenvalue weighted by Crippen LogP contribution is 2.33. The second kappa shape index (κ2) is 8.41. The lowest BCUT2D eigenvalue weighted by Gasteiger charge is -2.33. The van der Waals surface area contributed by atoms with Crippen molar-refractivity contribution in [2.75, 3.05) is 26.2 Å². The smallest absolute Gasteiger partial charge is 0.259 e. The van der Waals surface area contributed by atoms with Crippen molar-refractivity contribution in [2.24, 2.45) is 0 Å². The van der Waals surface area contributed by atoms with Crippen LogP contribution in [0.4, 0.5) is 0 Å². The molecule has 0 saturated carbocycles. The molecule has 2 aromatic rings. The van der Waals surface area contributed by atoms with Crippen LogP contribution in [0, 0.1) is 0 Å². The Kier molecular flexibility index (Phi) is 5.73. The number of fused-ring (bicyclic) bond motifs is 3. The van der Waals surface area contributed by atoms with Crippen LogP contribution in [-0.2, 0) is 24.2 Å². The average molecular weight is 399 g/mol. The van der Waals surface area contributed by atoms with Gasteiger partial charge in [-0.15, -0.1) is 11.3 Å². The molecule has 7 heteroatoms. The van der Waals surface area contributed by atoms with Crippen molar-refractivity contribution in [3.05, 3.63) is 50.9 Å². The van der Waals surface area contributed by atoms with Gasteiger partial charge in [-0.25, -0.2) is 4.98 Å². The van der Waals surface area contributed by atoms with Gasteiger partial charge in [0.25, 0.3) is 5.56 Å². The molecular formula is C21H26N4O2S. The van der Waals surface area contributed by atoms with Crippen molar-refractivity contribution < 1.29 is 4.79 Å². The van der Waals surface area contributed by atoms with Crippen molar-refractivity contribution in [1.82, 2.24) is 19.8 Å². The van der Waals surface area contributed by atoms with E-state index in [1.54, 1.807) is 23.5 Å². The highest BCUT2D eigenvalue weighted by atomic mass is 32.1. The van der Waals surface area contributed by atoms with Crippen LogP contribution in [0.5, 0.6) is 0 Å². The minimum atomic E-state index is 0.00216. The number of aryl methyl sites for hydroxylation is 2. The normalized spacial score (nSPS) is 18.4. The summed E-state index contributed by atoms with van der Waals surface area (Å²) in [6.45, 7) is 5.49. The third kappa shape index (κ3) is 3.95. The molecule has 0 aromatic carbocycles. The molecule has 0 radical (unpaired) electrons. The van der Waals surface area contributed by atoms with Crippen LogP contribution in [0.3, 0.4) is 0 Å². The Labute approximate surface area is 168 Å². The number of carbonyl (C=O) groups excluding carboxylic acids is 1. The van der Waals surface area contributed by atoms with E-state index in [1.165, 1.54) is 16.9 Å². The zero-order valence-electron chi connectivity index (χ0n) is 16.2. The molecule has 0 unspecified atom stereocenters. The molecule has 0 atom stereocenters. The van der Waals surface area contributed by atoms with E-state index in [1.807, 2.05) is 24.0 Å². The van der Waals surface area contributed by atoms with Crippen molar-refractivity contribution in [3.63, 3.8) is 0 Å². The second-order valence-corrected chi connectivity index (χ2v) is 8.47. The van der Waals surface area contributed by atoms with Crippen LogP contribution in [0.15, 0.2) is 29.1 Å². The van der Waals surface area contributed by atoms with Crippen molar-refractivity contribution in [2.45, 2.75) is 39.2 Å². The van der Waals surface area contributed by atoms with Gasteiger partial charge in [-0.2, -0.15) is 0 Å². The number of nitrogens with one attached hydrogen (secondary N) is 1. The van der Waals surface area contributed by atoms with E-state index in [0.29, 0.717) is 19.6 Å². The molecule has 1 saturated heterocycles. The molecule has 148 valence electrons. The number of thiophene rings is 1. The van der Waals surface area contributed by atoms with Gasteiger partial charge in [0.15, 0.2) is 0 Å². The van der Waals surface area contributed by atoms with Gasteiger partial charge in [0.2, 0.25) is 5.91 Å². The maximum atomic E-state index is 12.7. The van der Waals surface area contributed by atoms with Crippen LogP contribution in [0.25, 0.3) is 10.2 Å². The SMILES string of the molecule is C/C=C/C=C/C(=O)N1CCN(Cc2nc3sc4c(c3c(=O)[nH]2)CCCC4)CC1. The van der Waals surface area contributed by atoms with Gasteiger partial charge >= 0.3 is 0 Å². The number of carbonyl (C=O) groups is 1. The number of hydrogen-bond donors (Lipinski definition) is 1. The monoisotopic (exact) mass is 398 g/mol. The third-order valence-corrected chi connectivity index (χ3v) is 6.66. The number of rotatable bonds is 4. The standard InChI is InChI=1S/C21H26N4O2S/c1-2-3-4-9-18(26)25-12-10-24(11-13-25)14-17-22-20(27)19-15-7-5-6-8-16(15)28-21(19)23-17/h2-4,9H,5-8,10-14H2,1H3,(H,22,23,27)/b3-2+,9-4+. The number of aromatic nitrogens is 2. The molecular weight excluding hydrogens is 372 g/mol. The number of amides is 1. The minimum Gasteiger partial charge on any atom is -0.337 e. The van der Waals surface area contributed by atoms with Gasteiger partial charge in [0.05, 0.1) is 11.9 Å². The molecule has 0 spiro atoms. The van der Waals surface area contributed by atoms with Crippen molar-refractivity contribution in [3.8, 4) is 0 Å². The van der Waals surface area contributed by atoms with E-state index in [0.717, 1.165) is 48.4 Å². The third-order valence-electron chi connectivity index (χ3n) is 5.47. The van der Waals surface area contributed by atoms with Gasteiger partial charge in [-0.1, -0.05) is 18.2 Å². The fraction of sp³-hybridized carbons (Fsp3) is 0.476. The van der Waals surface area contributed by atoms with Gasteiger partial charge < -0.3 is 9.88 Å². The predicted octanol–water partition coefficient (Wildman–Crippen LogP) is 2.64. The maximum absolute atomic E-state index is 12.7. The summed E-state index contributed by atoms with van der Waals surface area (Å²) in [5.74, 6) is 0.777. The molecule has 28 heavy (non-hydrogen) atoms. The van der Waals surface area contributed by atoms with E-state index in [9.17, 15) is 9.59 Å². The van der Waals surface area contributed by atoms with E-state index in [2.05, 4.69) is 9.88 Å². The Morgan fingerprint density at radius 3 is 2.75 bits per heavy atom. The lowest BCUT2D eigenvalue weighted by molar-refractivity contribution is -0.127. The number of nitrogens with zero attached hydrogens (tertiary/aromatic N) is 3. The van der Waals surface area contributed by atoms with Gasteiger partial charge in [0, 0.05) is 37.1 Å². The Hall–Kier alpha value is -2.25. The quantitative estimate of drug-likeness (QED) is 0.635.